The molecule has 0 saturated heterocycles. The van der Waals surface area contributed by atoms with Crippen molar-refractivity contribution >= 4 is 0 Å². The number of aliphatic hydroxyl groups is 1. The minimum atomic E-state index is -0.652. The number of nitrogens with one attached hydrogen (secondary N) is 1. The quantitative estimate of drug-likeness (QED) is 0.681. The van der Waals surface area contributed by atoms with E-state index in [2.05, 4.69) is 25.7 Å². The Balaban J connectivity index is 2.36. The zero-order valence-electron chi connectivity index (χ0n) is 12.9. The van der Waals surface area contributed by atoms with E-state index < -0.39 is 5.60 Å². The number of ether oxygens (including phenoxy) is 1. The molecule has 0 saturated carbocycles. The standard InChI is InChI=1S/C17H27NO2/c1-5-10-20-16-8-6-15(7-9-16)12-18-13-17(4,19)11-14(2)3/h5-9,14,18-19H,1,10-13H2,2-4H3. The van der Waals surface area contributed by atoms with Crippen LogP contribution in [0.5, 0.6) is 5.75 Å². The molecule has 1 rings (SSSR count). The van der Waals surface area contributed by atoms with Crippen molar-refractivity contribution in [2.24, 2.45) is 5.92 Å². The van der Waals surface area contributed by atoms with Crippen LogP contribution in [0.4, 0.5) is 0 Å². The van der Waals surface area contributed by atoms with Crippen LogP contribution < -0.4 is 10.1 Å². The van der Waals surface area contributed by atoms with Gasteiger partial charge in [-0.3, -0.25) is 0 Å². The molecule has 3 heteroatoms. The Kier molecular flexibility index (Phi) is 6.76. The molecule has 1 aromatic carbocycles. The zero-order valence-corrected chi connectivity index (χ0v) is 12.9. The Hall–Kier alpha value is -1.32. The summed E-state index contributed by atoms with van der Waals surface area (Å²) in [6.07, 6.45) is 2.53. The summed E-state index contributed by atoms with van der Waals surface area (Å²) in [4.78, 5) is 0. The Morgan fingerprint density at radius 2 is 2.00 bits per heavy atom. The van der Waals surface area contributed by atoms with E-state index in [1.54, 1.807) is 6.08 Å². The fourth-order valence-corrected chi connectivity index (χ4v) is 2.29. The van der Waals surface area contributed by atoms with Gasteiger partial charge in [0.1, 0.15) is 12.4 Å². The Bertz CT molecular complexity index is 396. The molecule has 0 bridgehead atoms. The van der Waals surface area contributed by atoms with E-state index in [-0.39, 0.29) is 0 Å². The fraction of sp³-hybridized carbons (Fsp3) is 0.529. The molecule has 112 valence electrons. The fourth-order valence-electron chi connectivity index (χ4n) is 2.29. The van der Waals surface area contributed by atoms with Gasteiger partial charge in [-0.2, -0.15) is 0 Å². The molecule has 0 amide bonds. The molecule has 0 aliphatic heterocycles. The molecule has 0 radical (unpaired) electrons. The molecule has 0 aromatic heterocycles. The van der Waals surface area contributed by atoms with Crippen molar-refractivity contribution in [2.75, 3.05) is 13.2 Å². The average molecular weight is 277 g/mol. The van der Waals surface area contributed by atoms with Gasteiger partial charge in [0, 0.05) is 13.1 Å². The average Bonchev–Trinajstić information content (AvgIpc) is 2.36. The second kappa shape index (κ2) is 8.08. The van der Waals surface area contributed by atoms with E-state index in [1.807, 2.05) is 31.2 Å². The maximum absolute atomic E-state index is 10.2. The van der Waals surface area contributed by atoms with Crippen LogP contribution >= 0.6 is 0 Å². The Morgan fingerprint density at radius 3 is 2.55 bits per heavy atom. The van der Waals surface area contributed by atoms with Crippen LogP contribution in [0.2, 0.25) is 0 Å². The first-order valence-corrected chi connectivity index (χ1v) is 7.18. The number of rotatable bonds is 9. The van der Waals surface area contributed by atoms with Crippen molar-refractivity contribution in [2.45, 2.75) is 39.3 Å². The van der Waals surface area contributed by atoms with Gasteiger partial charge < -0.3 is 15.2 Å². The summed E-state index contributed by atoms with van der Waals surface area (Å²) in [6.45, 7) is 11.6. The van der Waals surface area contributed by atoms with Gasteiger partial charge in [-0.1, -0.05) is 38.6 Å². The van der Waals surface area contributed by atoms with Gasteiger partial charge >= 0.3 is 0 Å². The monoisotopic (exact) mass is 277 g/mol. The van der Waals surface area contributed by atoms with Crippen molar-refractivity contribution in [1.29, 1.82) is 0 Å². The maximum atomic E-state index is 10.2. The minimum absolute atomic E-state index is 0.494. The molecule has 1 atom stereocenters. The van der Waals surface area contributed by atoms with Crippen LogP contribution in [0.3, 0.4) is 0 Å². The van der Waals surface area contributed by atoms with Crippen LogP contribution in [-0.2, 0) is 6.54 Å². The molecular weight excluding hydrogens is 250 g/mol. The topological polar surface area (TPSA) is 41.5 Å². The van der Waals surface area contributed by atoms with E-state index in [4.69, 9.17) is 4.74 Å². The molecular formula is C17H27NO2. The first-order chi connectivity index (χ1) is 9.43. The molecule has 3 nitrogen and oxygen atoms in total. The highest BCUT2D eigenvalue weighted by molar-refractivity contribution is 5.27. The van der Waals surface area contributed by atoms with Gasteiger partial charge in [-0.15, -0.1) is 0 Å². The highest BCUT2D eigenvalue weighted by Crippen LogP contribution is 2.16. The second-order valence-electron chi connectivity index (χ2n) is 5.94. The van der Waals surface area contributed by atoms with Gasteiger partial charge in [0.2, 0.25) is 0 Å². The summed E-state index contributed by atoms with van der Waals surface area (Å²) >= 11 is 0. The predicted molar refractivity (Wildman–Crippen MR) is 83.9 cm³/mol. The van der Waals surface area contributed by atoms with E-state index in [0.29, 0.717) is 19.1 Å². The smallest absolute Gasteiger partial charge is 0.119 e. The molecule has 1 unspecified atom stereocenters. The molecule has 0 aliphatic carbocycles. The minimum Gasteiger partial charge on any atom is -0.490 e. The lowest BCUT2D eigenvalue weighted by Gasteiger charge is -2.25. The number of hydrogen-bond donors (Lipinski definition) is 2. The third kappa shape index (κ3) is 6.73. The van der Waals surface area contributed by atoms with Gasteiger partial charge in [0.15, 0.2) is 0 Å². The largest absolute Gasteiger partial charge is 0.490 e. The highest BCUT2D eigenvalue weighted by atomic mass is 16.5. The van der Waals surface area contributed by atoms with E-state index in [0.717, 1.165) is 18.7 Å². The van der Waals surface area contributed by atoms with Gasteiger partial charge in [-0.25, -0.2) is 0 Å². The van der Waals surface area contributed by atoms with E-state index >= 15 is 0 Å². The third-order valence-corrected chi connectivity index (χ3v) is 2.97. The molecule has 20 heavy (non-hydrogen) atoms. The zero-order chi connectivity index (χ0) is 15.0. The van der Waals surface area contributed by atoms with Crippen LogP contribution in [0.15, 0.2) is 36.9 Å². The lowest BCUT2D eigenvalue weighted by atomic mass is 9.94. The predicted octanol–water partition coefficient (Wildman–Crippen LogP) is 3.14. The molecule has 0 aliphatic rings. The van der Waals surface area contributed by atoms with Crippen LogP contribution in [0.1, 0.15) is 32.8 Å². The lowest BCUT2D eigenvalue weighted by molar-refractivity contribution is 0.0383. The summed E-state index contributed by atoms with van der Waals surface area (Å²) in [7, 11) is 0. The van der Waals surface area contributed by atoms with E-state index in [9.17, 15) is 5.11 Å². The van der Waals surface area contributed by atoms with Crippen molar-refractivity contribution in [3.8, 4) is 5.75 Å². The third-order valence-electron chi connectivity index (χ3n) is 2.97. The molecule has 0 fully saturated rings. The van der Waals surface area contributed by atoms with Crippen LogP contribution in [0.25, 0.3) is 0 Å². The molecule has 0 spiro atoms. The first kappa shape index (κ1) is 16.7. The van der Waals surface area contributed by atoms with Crippen molar-refractivity contribution < 1.29 is 9.84 Å². The Morgan fingerprint density at radius 1 is 1.35 bits per heavy atom. The molecule has 0 heterocycles. The van der Waals surface area contributed by atoms with Crippen LogP contribution in [0, 0.1) is 5.92 Å². The first-order valence-electron chi connectivity index (χ1n) is 7.18. The van der Waals surface area contributed by atoms with Crippen molar-refractivity contribution in [3.63, 3.8) is 0 Å². The molecule has 2 N–H and O–H groups in total. The summed E-state index contributed by atoms with van der Waals surface area (Å²) in [5.41, 5.74) is 0.526. The van der Waals surface area contributed by atoms with Crippen molar-refractivity contribution in [3.05, 3.63) is 42.5 Å². The maximum Gasteiger partial charge on any atom is 0.119 e. The summed E-state index contributed by atoms with van der Waals surface area (Å²) in [5.74, 6) is 1.34. The van der Waals surface area contributed by atoms with E-state index in [1.165, 1.54) is 5.56 Å². The SMILES string of the molecule is C=CCOc1ccc(CNCC(C)(O)CC(C)C)cc1. The van der Waals surface area contributed by atoms with Crippen molar-refractivity contribution in [1.82, 2.24) is 5.32 Å². The van der Waals surface area contributed by atoms with Crippen LogP contribution in [-0.4, -0.2) is 23.9 Å². The Labute approximate surface area is 122 Å². The second-order valence-corrected chi connectivity index (χ2v) is 5.94. The number of hydrogen-bond acceptors (Lipinski definition) is 3. The van der Waals surface area contributed by atoms with Gasteiger partial charge in [-0.05, 0) is 37.0 Å². The molecule has 1 aromatic rings. The summed E-state index contributed by atoms with van der Waals surface area (Å²) < 4.78 is 5.43. The summed E-state index contributed by atoms with van der Waals surface area (Å²) in [6, 6.07) is 7.96. The normalized spacial score (nSPS) is 14.1. The highest BCUT2D eigenvalue weighted by Gasteiger charge is 2.20. The summed E-state index contributed by atoms with van der Waals surface area (Å²) in [5, 5.41) is 13.5. The number of benzene rings is 1. The van der Waals surface area contributed by atoms with Gasteiger partial charge in [0.25, 0.3) is 0 Å². The van der Waals surface area contributed by atoms with Gasteiger partial charge in [0.05, 0.1) is 5.60 Å². The lowest BCUT2D eigenvalue weighted by Crippen LogP contribution is -2.38.